The van der Waals surface area contributed by atoms with Gasteiger partial charge in [0.15, 0.2) is 6.61 Å². The first kappa shape index (κ1) is 29.4. The quantitative estimate of drug-likeness (QED) is 0.167. The Bertz CT molecular complexity index is 1270. The van der Waals surface area contributed by atoms with Crippen molar-refractivity contribution in [1.82, 2.24) is 10.2 Å². The lowest BCUT2D eigenvalue weighted by atomic mass is 10.0. The van der Waals surface area contributed by atoms with Crippen molar-refractivity contribution in [1.29, 1.82) is 0 Å². The second-order valence-corrected chi connectivity index (χ2v) is 9.32. The van der Waals surface area contributed by atoms with Gasteiger partial charge in [0.25, 0.3) is 5.91 Å². The number of rotatable bonds is 14. The SMILES string of the molecule is CCCCNC(=O)[C@@H](Cc1ccccc1)N(Cc1cccc(Cl)c1)C(=O)COc1ccc([N+](=O)[O-])c(OC)c1. The zero-order chi connectivity index (χ0) is 28.2. The summed E-state index contributed by atoms with van der Waals surface area (Å²) >= 11 is 6.20. The van der Waals surface area contributed by atoms with Crippen molar-refractivity contribution < 1.29 is 24.0 Å². The Hall–Kier alpha value is -4.11. The van der Waals surface area contributed by atoms with E-state index >= 15 is 0 Å². The third-order valence-corrected chi connectivity index (χ3v) is 6.29. The van der Waals surface area contributed by atoms with Gasteiger partial charge in [-0.2, -0.15) is 0 Å². The number of amides is 2. The van der Waals surface area contributed by atoms with E-state index in [-0.39, 0.29) is 29.6 Å². The van der Waals surface area contributed by atoms with Crippen molar-refractivity contribution in [2.45, 2.75) is 38.8 Å². The molecule has 206 valence electrons. The molecule has 0 heterocycles. The van der Waals surface area contributed by atoms with Gasteiger partial charge in [0.05, 0.1) is 12.0 Å². The number of nitrogens with zero attached hydrogens (tertiary/aromatic N) is 2. The molecule has 3 rings (SSSR count). The van der Waals surface area contributed by atoms with Crippen LogP contribution in [0.25, 0.3) is 0 Å². The van der Waals surface area contributed by atoms with Crippen LogP contribution in [-0.4, -0.2) is 47.9 Å². The summed E-state index contributed by atoms with van der Waals surface area (Å²) in [5.41, 5.74) is 1.44. The normalized spacial score (nSPS) is 11.4. The van der Waals surface area contributed by atoms with E-state index in [9.17, 15) is 19.7 Å². The van der Waals surface area contributed by atoms with Crippen LogP contribution in [-0.2, 0) is 22.6 Å². The van der Waals surface area contributed by atoms with E-state index in [4.69, 9.17) is 21.1 Å². The molecule has 0 aromatic heterocycles. The Morgan fingerprint density at radius 1 is 1.05 bits per heavy atom. The molecular formula is C29H32ClN3O6. The van der Waals surface area contributed by atoms with Gasteiger partial charge in [-0.3, -0.25) is 19.7 Å². The number of carbonyl (C=O) groups excluding carboxylic acids is 2. The van der Waals surface area contributed by atoms with Gasteiger partial charge < -0.3 is 19.7 Å². The van der Waals surface area contributed by atoms with Gasteiger partial charge in [-0.15, -0.1) is 0 Å². The Morgan fingerprint density at radius 2 is 1.79 bits per heavy atom. The Morgan fingerprint density at radius 3 is 2.46 bits per heavy atom. The van der Waals surface area contributed by atoms with Crippen LogP contribution in [0.4, 0.5) is 5.69 Å². The molecule has 0 bridgehead atoms. The molecule has 0 aliphatic rings. The first-order valence-electron chi connectivity index (χ1n) is 12.6. The Balaban J connectivity index is 1.90. The molecule has 0 saturated carbocycles. The van der Waals surface area contributed by atoms with Gasteiger partial charge >= 0.3 is 5.69 Å². The number of benzene rings is 3. The highest BCUT2D eigenvalue weighted by atomic mass is 35.5. The molecule has 0 radical (unpaired) electrons. The lowest BCUT2D eigenvalue weighted by molar-refractivity contribution is -0.385. The maximum Gasteiger partial charge on any atom is 0.311 e. The molecule has 10 heteroatoms. The van der Waals surface area contributed by atoms with Crippen LogP contribution in [0, 0.1) is 10.1 Å². The molecule has 3 aromatic carbocycles. The fourth-order valence-corrected chi connectivity index (χ4v) is 4.23. The summed E-state index contributed by atoms with van der Waals surface area (Å²) in [4.78, 5) is 39.2. The average Bonchev–Trinajstić information content (AvgIpc) is 2.94. The molecule has 1 N–H and O–H groups in total. The van der Waals surface area contributed by atoms with E-state index in [1.54, 1.807) is 18.2 Å². The van der Waals surface area contributed by atoms with Gasteiger partial charge in [-0.1, -0.05) is 67.4 Å². The minimum atomic E-state index is -0.814. The number of ether oxygens (including phenoxy) is 2. The molecule has 0 saturated heterocycles. The van der Waals surface area contributed by atoms with Crippen molar-refractivity contribution in [2.75, 3.05) is 20.3 Å². The third-order valence-electron chi connectivity index (χ3n) is 6.05. The third kappa shape index (κ3) is 8.71. The summed E-state index contributed by atoms with van der Waals surface area (Å²) in [6.45, 7) is 2.27. The molecule has 0 unspecified atom stereocenters. The van der Waals surface area contributed by atoms with Gasteiger partial charge in [0, 0.05) is 36.7 Å². The maximum atomic E-state index is 13.7. The smallest absolute Gasteiger partial charge is 0.311 e. The van der Waals surface area contributed by atoms with Crippen molar-refractivity contribution in [2.24, 2.45) is 0 Å². The highest BCUT2D eigenvalue weighted by Crippen LogP contribution is 2.31. The Labute approximate surface area is 232 Å². The standard InChI is InChI=1S/C29H32ClN3O6/c1-3-4-15-31-29(35)26(17-21-9-6-5-7-10-21)32(19-22-11-8-12-23(30)16-22)28(34)20-39-24-13-14-25(33(36)37)27(18-24)38-2/h5-14,16,18,26H,3-4,15,17,19-20H2,1-2H3,(H,31,35)/t26-/m1/s1. The number of hydrogen-bond acceptors (Lipinski definition) is 6. The predicted molar refractivity (Wildman–Crippen MR) is 149 cm³/mol. The summed E-state index contributed by atoms with van der Waals surface area (Å²) in [7, 11) is 1.31. The average molecular weight is 554 g/mol. The molecule has 0 fully saturated rings. The summed E-state index contributed by atoms with van der Waals surface area (Å²) in [5.74, 6) is -0.461. The summed E-state index contributed by atoms with van der Waals surface area (Å²) < 4.78 is 10.8. The number of methoxy groups -OCH3 is 1. The van der Waals surface area contributed by atoms with E-state index < -0.39 is 23.5 Å². The molecule has 0 spiro atoms. The molecule has 3 aromatic rings. The highest BCUT2D eigenvalue weighted by molar-refractivity contribution is 6.30. The van der Waals surface area contributed by atoms with Crippen LogP contribution in [0.15, 0.2) is 72.8 Å². The fourth-order valence-electron chi connectivity index (χ4n) is 4.02. The summed E-state index contributed by atoms with van der Waals surface area (Å²) in [6.07, 6.45) is 2.04. The summed E-state index contributed by atoms with van der Waals surface area (Å²) in [6, 6.07) is 19.8. The number of nitro benzene ring substituents is 1. The molecule has 0 aliphatic heterocycles. The van der Waals surface area contributed by atoms with E-state index in [2.05, 4.69) is 5.32 Å². The molecule has 0 aliphatic carbocycles. The molecule has 39 heavy (non-hydrogen) atoms. The first-order valence-corrected chi connectivity index (χ1v) is 13.0. The lowest BCUT2D eigenvalue weighted by Crippen LogP contribution is -2.51. The van der Waals surface area contributed by atoms with Crippen LogP contribution >= 0.6 is 11.6 Å². The largest absolute Gasteiger partial charge is 0.490 e. The van der Waals surface area contributed by atoms with Crippen LogP contribution in [0.5, 0.6) is 11.5 Å². The van der Waals surface area contributed by atoms with Gasteiger partial charge in [0.1, 0.15) is 11.8 Å². The number of nitro groups is 1. The zero-order valence-electron chi connectivity index (χ0n) is 22.0. The number of carbonyl (C=O) groups is 2. The van der Waals surface area contributed by atoms with Crippen LogP contribution in [0.1, 0.15) is 30.9 Å². The highest BCUT2D eigenvalue weighted by Gasteiger charge is 2.30. The fraction of sp³-hybridized carbons (Fsp3) is 0.310. The number of halogens is 1. The zero-order valence-corrected chi connectivity index (χ0v) is 22.7. The predicted octanol–water partition coefficient (Wildman–Crippen LogP) is 5.19. The van der Waals surface area contributed by atoms with Crippen molar-refractivity contribution in [3.63, 3.8) is 0 Å². The first-order chi connectivity index (χ1) is 18.8. The minimum Gasteiger partial charge on any atom is -0.490 e. The Kier molecular flexibility index (Phi) is 11.1. The monoisotopic (exact) mass is 553 g/mol. The minimum absolute atomic E-state index is 0.0120. The van der Waals surface area contributed by atoms with E-state index in [1.807, 2.05) is 43.3 Å². The molecule has 1 atom stereocenters. The van der Waals surface area contributed by atoms with Crippen LogP contribution < -0.4 is 14.8 Å². The second-order valence-electron chi connectivity index (χ2n) is 8.88. The number of hydrogen-bond donors (Lipinski definition) is 1. The number of unbranched alkanes of at least 4 members (excludes halogenated alkanes) is 1. The lowest BCUT2D eigenvalue weighted by Gasteiger charge is -2.31. The second kappa shape index (κ2) is 14.7. The van der Waals surface area contributed by atoms with Gasteiger partial charge in [-0.25, -0.2) is 0 Å². The maximum absolute atomic E-state index is 13.7. The number of nitrogens with one attached hydrogen (secondary N) is 1. The van der Waals surface area contributed by atoms with Gasteiger partial charge in [-0.05, 0) is 35.7 Å². The molecular weight excluding hydrogens is 522 g/mol. The molecule has 2 amide bonds. The van der Waals surface area contributed by atoms with E-state index in [0.717, 1.165) is 24.0 Å². The van der Waals surface area contributed by atoms with E-state index in [0.29, 0.717) is 18.0 Å². The van der Waals surface area contributed by atoms with Crippen LogP contribution in [0.3, 0.4) is 0 Å². The van der Waals surface area contributed by atoms with Crippen molar-refractivity contribution in [3.05, 3.63) is 99.1 Å². The van der Waals surface area contributed by atoms with Crippen LogP contribution in [0.2, 0.25) is 5.02 Å². The van der Waals surface area contributed by atoms with Crippen molar-refractivity contribution >= 4 is 29.1 Å². The summed E-state index contributed by atoms with van der Waals surface area (Å²) in [5, 5.41) is 14.7. The van der Waals surface area contributed by atoms with E-state index in [1.165, 1.54) is 30.2 Å². The van der Waals surface area contributed by atoms with Crippen molar-refractivity contribution in [3.8, 4) is 11.5 Å². The van der Waals surface area contributed by atoms with Gasteiger partial charge in [0.2, 0.25) is 11.7 Å². The topological polar surface area (TPSA) is 111 Å². The molecule has 9 nitrogen and oxygen atoms in total.